The van der Waals surface area contributed by atoms with Crippen LogP contribution in [0.5, 0.6) is 0 Å². The summed E-state index contributed by atoms with van der Waals surface area (Å²) in [6.45, 7) is 6.50. The molecule has 1 aromatic rings. The summed E-state index contributed by atoms with van der Waals surface area (Å²) in [5.41, 5.74) is 2.31. The maximum Gasteiger partial charge on any atom is 0.293 e. The van der Waals surface area contributed by atoms with E-state index in [1.165, 1.54) is 5.56 Å². The molecule has 0 saturated heterocycles. The number of halogens is 1. The summed E-state index contributed by atoms with van der Waals surface area (Å²) in [4.78, 5) is 12.5. The highest BCUT2D eigenvalue weighted by Gasteiger charge is 2.14. The zero-order valence-corrected chi connectivity index (χ0v) is 11.1. The van der Waals surface area contributed by atoms with Gasteiger partial charge >= 0.3 is 0 Å². The number of carbonyl (C=O) groups excluding carboxylic acids is 1. The van der Waals surface area contributed by atoms with Crippen LogP contribution < -0.4 is 4.90 Å². The number of rotatable bonds is 1. The van der Waals surface area contributed by atoms with Crippen molar-refractivity contribution in [2.24, 2.45) is 0 Å². The fourth-order valence-electron chi connectivity index (χ4n) is 1.29. The van der Waals surface area contributed by atoms with Gasteiger partial charge in [0.15, 0.2) is 0 Å². The number of carbonyl (C=O) groups is 1. The third-order valence-corrected chi connectivity index (χ3v) is 2.92. The van der Waals surface area contributed by atoms with Crippen molar-refractivity contribution in [2.75, 3.05) is 11.9 Å². The van der Waals surface area contributed by atoms with Crippen molar-refractivity contribution in [3.05, 3.63) is 29.8 Å². The first-order valence-corrected chi connectivity index (χ1v) is 5.65. The summed E-state index contributed by atoms with van der Waals surface area (Å²) in [7, 11) is 1.74. The molecule has 0 N–H and O–H groups in total. The van der Waals surface area contributed by atoms with Crippen molar-refractivity contribution >= 4 is 26.4 Å². The first-order valence-electron chi connectivity index (χ1n) is 4.86. The van der Waals surface area contributed by atoms with E-state index in [0.29, 0.717) is 0 Å². The lowest BCUT2D eigenvalue weighted by Crippen LogP contribution is -2.19. The van der Waals surface area contributed by atoms with Crippen LogP contribution >= 0.6 is 15.9 Å². The third kappa shape index (κ3) is 3.06. The van der Waals surface area contributed by atoms with E-state index >= 15 is 0 Å². The van der Waals surface area contributed by atoms with Gasteiger partial charge in [-0.1, -0.05) is 32.9 Å². The normalized spacial score (nSPS) is 11.3. The molecule has 0 heterocycles. The fraction of sp³-hybridized carbons (Fsp3) is 0.417. The highest BCUT2D eigenvalue weighted by atomic mass is 79.9. The molecule has 0 fully saturated rings. The van der Waals surface area contributed by atoms with Crippen molar-refractivity contribution in [3.63, 3.8) is 0 Å². The molecule has 0 aliphatic carbocycles. The Kier molecular flexibility index (Phi) is 3.55. The van der Waals surface area contributed by atoms with E-state index in [2.05, 4.69) is 48.8 Å². The second kappa shape index (κ2) is 4.35. The van der Waals surface area contributed by atoms with Gasteiger partial charge in [0.05, 0.1) is 0 Å². The Labute approximate surface area is 99.4 Å². The van der Waals surface area contributed by atoms with E-state index < -0.39 is 0 Å². The maximum atomic E-state index is 11.1. The molecule has 82 valence electrons. The molecule has 15 heavy (non-hydrogen) atoms. The average Bonchev–Trinajstić information content (AvgIpc) is 2.15. The predicted molar refractivity (Wildman–Crippen MR) is 67.9 cm³/mol. The Bertz CT molecular complexity index is 351. The molecule has 1 amide bonds. The third-order valence-electron chi connectivity index (χ3n) is 2.38. The lowest BCUT2D eigenvalue weighted by molar-refractivity contribution is 0.267. The molecule has 2 nitrogen and oxygen atoms in total. The van der Waals surface area contributed by atoms with Gasteiger partial charge in [0, 0.05) is 28.7 Å². The molecule has 3 heteroatoms. The summed E-state index contributed by atoms with van der Waals surface area (Å²) in [6.07, 6.45) is 0. The van der Waals surface area contributed by atoms with Crippen LogP contribution in [0.15, 0.2) is 24.3 Å². The summed E-state index contributed by atoms with van der Waals surface area (Å²) in [5.74, 6) is 0. The molecule has 0 radical (unpaired) electrons. The molecule has 0 saturated carbocycles. The van der Waals surface area contributed by atoms with Gasteiger partial charge in [-0.2, -0.15) is 0 Å². The van der Waals surface area contributed by atoms with Gasteiger partial charge in [-0.15, -0.1) is 0 Å². The van der Waals surface area contributed by atoms with Crippen LogP contribution in [0.4, 0.5) is 10.5 Å². The second-order valence-electron chi connectivity index (χ2n) is 4.61. The van der Waals surface area contributed by atoms with Crippen molar-refractivity contribution in [3.8, 4) is 0 Å². The fourth-order valence-corrected chi connectivity index (χ4v) is 1.49. The number of benzene rings is 1. The van der Waals surface area contributed by atoms with E-state index in [1.54, 1.807) is 11.9 Å². The second-order valence-corrected chi connectivity index (χ2v) is 5.29. The Morgan fingerprint density at radius 1 is 1.20 bits per heavy atom. The lowest BCUT2D eigenvalue weighted by Gasteiger charge is -2.20. The molecule has 0 aromatic heterocycles. The molecule has 0 aliphatic rings. The number of amides is 1. The zero-order valence-electron chi connectivity index (χ0n) is 9.54. The van der Waals surface area contributed by atoms with Crippen LogP contribution in [0, 0.1) is 0 Å². The molecule has 1 aromatic carbocycles. The molecular weight excluding hydrogens is 254 g/mol. The highest BCUT2D eigenvalue weighted by molar-refractivity contribution is 9.18. The van der Waals surface area contributed by atoms with Crippen LogP contribution in [0.25, 0.3) is 0 Å². The minimum Gasteiger partial charge on any atom is -0.306 e. The van der Waals surface area contributed by atoms with Crippen LogP contribution in [0.3, 0.4) is 0 Å². The smallest absolute Gasteiger partial charge is 0.293 e. The number of anilines is 1. The topological polar surface area (TPSA) is 20.3 Å². The summed E-state index contributed by atoms with van der Waals surface area (Å²) in [6, 6.07) is 8.03. The maximum absolute atomic E-state index is 11.1. The van der Waals surface area contributed by atoms with Gasteiger partial charge in [0.1, 0.15) is 0 Å². The summed E-state index contributed by atoms with van der Waals surface area (Å²) >= 11 is 2.92. The van der Waals surface area contributed by atoms with E-state index in [4.69, 9.17) is 0 Å². The van der Waals surface area contributed by atoms with Crippen molar-refractivity contribution in [1.29, 1.82) is 0 Å². The van der Waals surface area contributed by atoms with E-state index in [9.17, 15) is 4.79 Å². The van der Waals surface area contributed by atoms with Gasteiger partial charge in [-0.25, -0.2) is 0 Å². The van der Waals surface area contributed by atoms with Gasteiger partial charge in [0.25, 0.3) is 4.82 Å². The first kappa shape index (κ1) is 12.2. The Morgan fingerprint density at radius 2 is 1.67 bits per heavy atom. The number of hydrogen-bond donors (Lipinski definition) is 0. The molecule has 0 bridgehead atoms. The van der Waals surface area contributed by atoms with Crippen molar-refractivity contribution in [2.45, 2.75) is 26.2 Å². The zero-order chi connectivity index (χ0) is 11.6. The van der Waals surface area contributed by atoms with Crippen LogP contribution in [-0.4, -0.2) is 11.9 Å². The Hall–Kier alpha value is -0.830. The van der Waals surface area contributed by atoms with Gasteiger partial charge in [-0.05, 0) is 23.1 Å². The molecule has 0 unspecified atom stereocenters. The monoisotopic (exact) mass is 269 g/mol. The predicted octanol–water partition coefficient (Wildman–Crippen LogP) is 3.94. The first-order chi connectivity index (χ1) is 6.82. The average molecular weight is 270 g/mol. The van der Waals surface area contributed by atoms with Crippen molar-refractivity contribution < 1.29 is 4.79 Å². The minimum absolute atomic E-state index is 0.133. The largest absolute Gasteiger partial charge is 0.306 e. The van der Waals surface area contributed by atoms with Crippen LogP contribution in [0.1, 0.15) is 26.3 Å². The van der Waals surface area contributed by atoms with Crippen LogP contribution in [0.2, 0.25) is 0 Å². The Balaban J connectivity index is 2.95. The Morgan fingerprint density at radius 3 is 2.00 bits per heavy atom. The van der Waals surface area contributed by atoms with Gasteiger partial charge in [-0.3, -0.25) is 4.79 Å². The summed E-state index contributed by atoms with van der Waals surface area (Å²) in [5, 5.41) is 0. The van der Waals surface area contributed by atoms with Crippen LogP contribution in [-0.2, 0) is 5.41 Å². The standard InChI is InChI=1S/C12H16BrNO/c1-12(2,3)9-5-7-10(8-6-9)14(4)11(13)15/h5-8H,1-4H3. The van der Waals surface area contributed by atoms with E-state index in [-0.39, 0.29) is 10.2 Å². The SMILES string of the molecule is CN(C(=O)Br)c1ccc(C(C)(C)C)cc1. The summed E-state index contributed by atoms with van der Waals surface area (Å²) < 4.78 is 0. The highest BCUT2D eigenvalue weighted by Crippen LogP contribution is 2.24. The molecule has 0 spiro atoms. The van der Waals surface area contributed by atoms with E-state index in [0.717, 1.165) is 5.69 Å². The molecule has 1 rings (SSSR count). The van der Waals surface area contributed by atoms with Crippen molar-refractivity contribution in [1.82, 2.24) is 0 Å². The van der Waals surface area contributed by atoms with Gasteiger partial charge in [0.2, 0.25) is 0 Å². The quantitative estimate of drug-likeness (QED) is 0.559. The van der Waals surface area contributed by atoms with E-state index in [1.807, 2.05) is 12.1 Å². The van der Waals surface area contributed by atoms with Gasteiger partial charge < -0.3 is 4.90 Å². The molecular formula is C12H16BrNO. The number of nitrogens with zero attached hydrogens (tertiary/aromatic N) is 1. The molecule has 0 aliphatic heterocycles. The lowest BCUT2D eigenvalue weighted by atomic mass is 9.87. The minimum atomic E-state index is -0.133. The molecule has 0 atom stereocenters. The number of hydrogen-bond acceptors (Lipinski definition) is 1.